The smallest absolute Gasteiger partial charge is 0.175 e. The number of aryl methyl sites for hydroxylation is 2. The van der Waals surface area contributed by atoms with Gasteiger partial charge < -0.3 is 0 Å². The van der Waals surface area contributed by atoms with Gasteiger partial charge in [0.2, 0.25) is 0 Å². The van der Waals surface area contributed by atoms with Crippen molar-refractivity contribution >= 4 is 9.84 Å². The van der Waals surface area contributed by atoms with E-state index in [4.69, 9.17) is 0 Å². The number of rotatable bonds is 4. The van der Waals surface area contributed by atoms with Crippen molar-refractivity contribution in [1.82, 2.24) is 9.78 Å². The fourth-order valence-electron chi connectivity index (χ4n) is 2.02. The van der Waals surface area contributed by atoms with Crippen LogP contribution in [0.5, 0.6) is 0 Å². The molecule has 0 bridgehead atoms. The summed E-state index contributed by atoms with van der Waals surface area (Å²) in [5.74, 6) is 0. The molecule has 0 fully saturated rings. The average molecular weight is 278 g/mol. The summed E-state index contributed by atoms with van der Waals surface area (Å²) in [4.78, 5) is 0.349. The Morgan fingerprint density at radius 1 is 1.21 bits per heavy atom. The summed E-state index contributed by atoms with van der Waals surface area (Å²) < 4.78 is 24.6. The summed E-state index contributed by atoms with van der Waals surface area (Å²) in [5, 5.41) is 4.49. The summed E-state index contributed by atoms with van der Waals surface area (Å²) in [7, 11) is -3.12. The van der Waals surface area contributed by atoms with Gasteiger partial charge in [0.05, 0.1) is 17.1 Å². The second-order valence-corrected chi connectivity index (χ2v) is 6.74. The number of nitrogens with zero attached hydrogens (tertiary/aromatic N) is 2. The summed E-state index contributed by atoms with van der Waals surface area (Å²) in [6.45, 7) is 4.79. The highest BCUT2D eigenvalue weighted by molar-refractivity contribution is 7.90. The Morgan fingerprint density at radius 3 is 2.32 bits per heavy atom. The minimum atomic E-state index is -3.12. The van der Waals surface area contributed by atoms with Crippen LogP contribution >= 0.6 is 0 Å². The second kappa shape index (κ2) is 5.17. The van der Waals surface area contributed by atoms with Gasteiger partial charge in [0.1, 0.15) is 0 Å². The van der Waals surface area contributed by atoms with Crippen LogP contribution in [0.25, 0.3) is 0 Å². The summed E-state index contributed by atoms with van der Waals surface area (Å²) in [6.07, 6.45) is 4.15. The zero-order chi connectivity index (χ0) is 14.0. The van der Waals surface area contributed by atoms with Crippen LogP contribution in [0.4, 0.5) is 0 Å². The normalized spacial score (nSPS) is 11.7. The molecule has 2 rings (SSSR count). The van der Waals surface area contributed by atoms with Gasteiger partial charge in [-0.05, 0) is 36.6 Å². The van der Waals surface area contributed by atoms with Gasteiger partial charge in [-0.2, -0.15) is 5.10 Å². The van der Waals surface area contributed by atoms with E-state index in [1.807, 2.05) is 23.0 Å². The molecule has 0 spiro atoms. The van der Waals surface area contributed by atoms with Crippen molar-refractivity contribution in [2.24, 2.45) is 0 Å². The predicted molar refractivity (Wildman–Crippen MR) is 75.0 cm³/mol. The minimum Gasteiger partial charge on any atom is -0.268 e. The molecule has 0 saturated heterocycles. The van der Waals surface area contributed by atoms with E-state index in [-0.39, 0.29) is 0 Å². The Bertz CT molecular complexity index is 670. The molecule has 0 amide bonds. The van der Waals surface area contributed by atoms with E-state index in [1.165, 1.54) is 11.8 Å². The molecule has 0 saturated carbocycles. The molecule has 0 aliphatic carbocycles. The highest BCUT2D eigenvalue weighted by Crippen LogP contribution is 2.12. The SMILES string of the molecule is CCc1nn(Cc2ccc(S(C)(=O)=O)cc2)cc1C. The van der Waals surface area contributed by atoms with Gasteiger partial charge in [0.15, 0.2) is 9.84 Å². The third-order valence-corrected chi connectivity index (χ3v) is 4.21. The van der Waals surface area contributed by atoms with Crippen LogP contribution in [-0.2, 0) is 22.8 Å². The van der Waals surface area contributed by atoms with E-state index < -0.39 is 9.84 Å². The van der Waals surface area contributed by atoms with Crippen molar-refractivity contribution in [3.05, 3.63) is 47.3 Å². The molecule has 0 aliphatic heterocycles. The van der Waals surface area contributed by atoms with Crippen LogP contribution in [0.3, 0.4) is 0 Å². The summed E-state index contributed by atoms with van der Waals surface area (Å²) >= 11 is 0. The Morgan fingerprint density at radius 2 is 1.84 bits per heavy atom. The zero-order valence-corrected chi connectivity index (χ0v) is 12.2. The van der Waals surface area contributed by atoms with Crippen LogP contribution in [0.2, 0.25) is 0 Å². The van der Waals surface area contributed by atoms with E-state index in [2.05, 4.69) is 18.9 Å². The third kappa shape index (κ3) is 3.23. The molecular weight excluding hydrogens is 260 g/mol. The van der Waals surface area contributed by atoms with E-state index in [0.717, 1.165) is 17.7 Å². The Labute approximate surface area is 114 Å². The fourth-order valence-corrected chi connectivity index (χ4v) is 2.65. The van der Waals surface area contributed by atoms with Gasteiger partial charge in [-0.25, -0.2) is 8.42 Å². The molecule has 0 atom stereocenters. The maximum atomic E-state index is 11.4. The Hall–Kier alpha value is -1.62. The lowest BCUT2D eigenvalue weighted by Gasteiger charge is -2.03. The maximum Gasteiger partial charge on any atom is 0.175 e. The number of hydrogen-bond donors (Lipinski definition) is 0. The lowest BCUT2D eigenvalue weighted by molar-refractivity contribution is 0.601. The van der Waals surface area contributed by atoms with Crippen molar-refractivity contribution in [3.8, 4) is 0 Å². The van der Waals surface area contributed by atoms with Gasteiger partial charge in [-0.1, -0.05) is 19.1 Å². The first kappa shape index (κ1) is 13.8. The Balaban J connectivity index is 2.19. The molecule has 2 aromatic rings. The molecule has 102 valence electrons. The molecule has 1 heterocycles. The molecule has 0 radical (unpaired) electrons. The maximum absolute atomic E-state index is 11.4. The van der Waals surface area contributed by atoms with Crippen molar-refractivity contribution < 1.29 is 8.42 Å². The van der Waals surface area contributed by atoms with Gasteiger partial charge in [0, 0.05) is 12.5 Å². The summed E-state index contributed by atoms with van der Waals surface area (Å²) in [5.41, 5.74) is 3.33. The van der Waals surface area contributed by atoms with Crippen LogP contribution in [0.15, 0.2) is 35.4 Å². The third-order valence-electron chi connectivity index (χ3n) is 3.08. The van der Waals surface area contributed by atoms with Crippen LogP contribution in [-0.4, -0.2) is 24.5 Å². The Kier molecular flexibility index (Phi) is 3.75. The van der Waals surface area contributed by atoms with Crippen LogP contribution < -0.4 is 0 Å². The standard InChI is InChI=1S/C14H18N2O2S/c1-4-14-11(2)9-16(15-14)10-12-5-7-13(8-6-12)19(3,17)18/h5-9H,4,10H2,1-3H3. The molecule has 5 heteroatoms. The molecule has 0 N–H and O–H groups in total. The van der Waals surface area contributed by atoms with Crippen molar-refractivity contribution in [1.29, 1.82) is 0 Å². The molecule has 4 nitrogen and oxygen atoms in total. The van der Waals surface area contributed by atoms with Crippen molar-refractivity contribution in [2.75, 3.05) is 6.26 Å². The lowest BCUT2D eigenvalue weighted by Crippen LogP contribution is -2.02. The number of benzene rings is 1. The first-order chi connectivity index (χ1) is 8.90. The molecule has 0 unspecified atom stereocenters. The van der Waals surface area contributed by atoms with Crippen LogP contribution in [0.1, 0.15) is 23.7 Å². The lowest BCUT2D eigenvalue weighted by atomic mass is 10.2. The monoisotopic (exact) mass is 278 g/mol. The number of hydrogen-bond acceptors (Lipinski definition) is 3. The van der Waals surface area contributed by atoms with Crippen molar-refractivity contribution in [2.45, 2.75) is 31.7 Å². The topological polar surface area (TPSA) is 52.0 Å². The molecule has 1 aromatic heterocycles. The first-order valence-corrected chi connectivity index (χ1v) is 8.11. The summed E-state index contributed by atoms with van der Waals surface area (Å²) in [6, 6.07) is 6.95. The van der Waals surface area contributed by atoms with Crippen molar-refractivity contribution in [3.63, 3.8) is 0 Å². The predicted octanol–water partition coefficient (Wildman–Crippen LogP) is 2.21. The number of aromatic nitrogens is 2. The highest BCUT2D eigenvalue weighted by Gasteiger charge is 2.07. The van der Waals surface area contributed by atoms with E-state index >= 15 is 0 Å². The second-order valence-electron chi connectivity index (χ2n) is 4.73. The highest BCUT2D eigenvalue weighted by atomic mass is 32.2. The van der Waals surface area contributed by atoms with Gasteiger partial charge in [-0.3, -0.25) is 4.68 Å². The van der Waals surface area contributed by atoms with E-state index in [0.29, 0.717) is 11.4 Å². The number of sulfone groups is 1. The molecular formula is C14H18N2O2S. The van der Waals surface area contributed by atoms with E-state index in [1.54, 1.807) is 12.1 Å². The van der Waals surface area contributed by atoms with Gasteiger partial charge in [-0.15, -0.1) is 0 Å². The quantitative estimate of drug-likeness (QED) is 0.861. The fraction of sp³-hybridized carbons (Fsp3) is 0.357. The zero-order valence-electron chi connectivity index (χ0n) is 11.4. The first-order valence-electron chi connectivity index (χ1n) is 6.22. The molecule has 19 heavy (non-hydrogen) atoms. The van der Waals surface area contributed by atoms with Gasteiger partial charge in [0.25, 0.3) is 0 Å². The minimum absolute atomic E-state index is 0.349. The van der Waals surface area contributed by atoms with Gasteiger partial charge >= 0.3 is 0 Å². The average Bonchev–Trinajstić information content (AvgIpc) is 2.69. The van der Waals surface area contributed by atoms with Crippen LogP contribution in [0, 0.1) is 6.92 Å². The molecule has 0 aliphatic rings. The molecule has 1 aromatic carbocycles. The van der Waals surface area contributed by atoms with E-state index in [9.17, 15) is 8.42 Å². The largest absolute Gasteiger partial charge is 0.268 e.